The van der Waals surface area contributed by atoms with Crippen molar-refractivity contribution < 1.29 is 14.7 Å². The van der Waals surface area contributed by atoms with E-state index in [-0.39, 0.29) is 24.5 Å². The van der Waals surface area contributed by atoms with E-state index in [0.29, 0.717) is 16.3 Å². The van der Waals surface area contributed by atoms with Crippen molar-refractivity contribution in [3.05, 3.63) is 59.1 Å². The van der Waals surface area contributed by atoms with Crippen molar-refractivity contribution in [3.63, 3.8) is 0 Å². The second kappa shape index (κ2) is 8.69. The summed E-state index contributed by atoms with van der Waals surface area (Å²) >= 11 is 5.83. The molecule has 0 atom stereocenters. The van der Waals surface area contributed by atoms with E-state index < -0.39 is 5.91 Å². The summed E-state index contributed by atoms with van der Waals surface area (Å²) in [5.41, 5.74) is 3.36. The molecule has 0 bridgehead atoms. The normalized spacial score (nSPS) is 10.5. The molecule has 0 unspecified atom stereocenters. The first-order chi connectivity index (χ1) is 11.5. The molecule has 2 amide bonds. The molecule has 0 saturated heterocycles. The average molecular weight is 346 g/mol. The minimum atomic E-state index is -0.400. The van der Waals surface area contributed by atoms with Gasteiger partial charge in [0, 0.05) is 29.1 Å². The Morgan fingerprint density at radius 2 is 1.83 bits per heavy atom. The molecule has 0 spiro atoms. The van der Waals surface area contributed by atoms with Gasteiger partial charge < -0.3 is 10.4 Å². The van der Waals surface area contributed by atoms with Gasteiger partial charge in [0.1, 0.15) is 5.75 Å². The summed E-state index contributed by atoms with van der Waals surface area (Å²) in [4.78, 5) is 23.4. The summed E-state index contributed by atoms with van der Waals surface area (Å²) in [6, 6.07) is 13.3. The first-order valence-corrected chi connectivity index (χ1v) is 7.58. The number of carbonyl (C=O) groups is 2. The van der Waals surface area contributed by atoms with Gasteiger partial charge in [-0.1, -0.05) is 29.8 Å². The number of anilines is 1. The number of amides is 2. The average Bonchev–Trinajstić information content (AvgIpc) is 2.55. The van der Waals surface area contributed by atoms with E-state index in [4.69, 9.17) is 11.6 Å². The number of hydrogen-bond donors (Lipinski definition) is 3. The fourth-order valence-electron chi connectivity index (χ4n) is 1.84. The van der Waals surface area contributed by atoms with E-state index in [9.17, 15) is 14.7 Å². The van der Waals surface area contributed by atoms with Gasteiger partial charge in [0.25, 0.3) is 0 Å². The molecule has 0 aliphatic rings. The smallest absolute Gasteiger partial charge is 0.240 e. The molecule has 2 aromatic carbocycles. The molecule has 0 saturated carbocycles. The Kier molecular flexibility index (Phi) is 6.33. The van der Waals surface area contributed by atoms with Crippen LogP contribution in [0.5, 0.6) is 5.75 Å². The van der Waals surface area contributed by atoms with Crippen LogP contribution in [0, 0.1) is 0 Å². The van der Waals surface area contributed by atoms with Crippen molar-refractivity contribution in [1.29, 1.82) is 0 Å². The summed E-state index contributed by atoms with van der Waals surface area (Å²) < 4.78 is 0. The van der Waals surface area contributed by atoms with Crippen LogP contribution in [0.15, 0.2) is 53.6 Å². The Morgan fingerprint density at radius 3 is 2.58 bits per heavy atom. The molecule has 0 radical (unpaired) electrons. The fourth-order valence-corrected chi connectivity index (χ4v) is 2.03. The molecule has 0 aliphatic carbocycles. The molecule has 3 N–H and O–H groups in total. The first kappa shape index (κ1) is 17.5. The second-order valence-electron chi connectivity index (χ2n) is 4.91. The van der Waals surface area contributed by atoms with Gasteiger partial charge in [-0.25, -0.2) is 5.43 Å². The van der Waals surface area contributed by atoms with Crippen LogP contribution in [0.1, 0.15) is 18.4 Å². The Labute approximate surface area is 144 Å². The van der Waals surface area contributed by atoms with Crippen LogP contribution in [0.2, 0.25) is 5.02 Å². The lowest BCUT2D eigenvalue weighted by Crippen LogP contribution is -2.20. The van der Waals surface area contributed by atoms with Crippen LogP contribution in [-0.4, -0.2) is 23.1 Å². The highest BCUT2D eigenvalue weighted by molar-refractivity contribution is 6.30. The standard InChI is InChI=1S/C17H16ClN3O3/c18-13-5-3-6-14(10-13)20-16(23)8-9-17(24)21-19-11-12-4-1-2-7-15(12)22/h1-7,10-11,22H,8-9H2,(H,20,23)(H,21,24)/b19-11+. The molecule has 0 aromatic heterocycles. The van der Waals surface area contributed by atoms with E-state index in [1.165, 1.54) is 12.3 Å². The van der Waals surface area contributed by atoms with Crippen LogP contribution < -0.4 is 10.7 Å². The number of carbonyl (C=O) groups excluding carboxylic acids is 2. The monoisotopic (exact) mass is 345 g/mol. The summed E-state index contributed by atoms with van der Waals surface area (Å²) in [5.74, 6) is -0.628. The number of rotatable bonds is 6. The minimum Gasteiger partial charge on any atom is -0.507 e. The summed E-state index contributed by atoms with van der Waals surface area (Å²) in [7, 11) is 0. The number of hydrazone groups is 1. The third kappa shape index (κ3) is 5.73. The quantitative estimate of drug-likeness (QED) is 0.555. The maximum atomic E-state index is 11.8. The number of phenolic OH excluding ortho intramolecular Hbond substituents is 1. The maximum absolute atomic E-state index is 11.8. The number of benzene rings is 2. The zero-order chi connectivity index (χ0) is 17.4. The van der Waals surface area contributed by atoms with E-state index in [2.05, 4.69) is 15.8 Å². The van der Waals surface area contributed by atoms with E-state index in [0.717, 1.165) is 0 Å². The first-order valence-electron chi connectivity index (χ1n) is 7.20. The Bertz CT molecular complexity index is 762. The molecule has 0 aliphatic heterocycles. The predicted octanol–water partition coefficient (Wildman–Crippen LogP) is 2.91. The van der Waals surface area contributed by atoms with Gasteiger partial charge in [-0.15, -0.1) is 0 Å². The summed E-state index contributed by atoms with van der Waals surface area (Å²) in [5, 5.41) is 16.5. The molecular formula is C17H16ClN3O3. The van der Waals surface area contributed by atoms with Gasteiger partial charge in [0.2, 0.25) is 11.8 Å². The number of hydrogen-bond acceptors (Lipinski definition) is 4. The third-order valence-electron chi connectivity index (χ3n) is 3.02. The fraction of sp³-hybridized carbons (Fsp3) is 0.118. The van der Waals surface area contributed by atoms with E-state index in [1.54, 1.807) is 42.5 Å². The highest BCUT2D eigenvalue weighted by Crippen LogP contribution is 2.15. The van der Waals surface area contributed by atoms with Crippen molar-refractivity contribution in [2.75, 3.05) is 5.32 Å². The van der Waals surface area contributed by atoms with Crippen molar-refractivity contribution in [3.8, 4) is 5.75 Å². The van der Waals surface area contributed by atoms with Crippen LogP contribution in [0.25, 0.3) is 0 Å². The number of aromatic hydroxyl groups is 1. The van der Waals surface area contributed by atoms with Crippen LogP contribution >= 0.6 is 11.6 Å². The van der Waals surface area contributed by atoms with Gasteiger partial charge in [-0.3, -0.25) is 9.59 Å². The number of nitrogens with one attached hydrogen (secondary N) is 2. The predicted molar refractivity (Wildman–Crippen MR) is 93.2 cm³/mol. The van der Waals surface area contributed by atoms with Crippen molar-refractivity contribution in [2.45, 2.75) is 12.8 Å². The Morgan fingerprint density at radius 1 is 1.08 bits per heavy atom. The van der Waals surface area contributed by atoms with Gasteiger partial charge >= 0.3 is 0 Å². The Balaban J connectivity index is 1.75. The van der Waals surface area contributed by atoms with E-state index in [1.807, 2.05) is 0 Å². The molecule has 2 rings (SSSR count). The van der Waals surface area contributed by atoms with E-state index >= 15 is 0 Å². The van der Waals surface area contributed by atoms with Crippen LogP contribution in [-0.2, 0) is 9.59 Å². The highest BCUT2D eigenvalue weighted by Gasteiger charge is 2.07. The lowest BCUT2D eigenvalue weighted by atomic mass is 10.2. The van der Waals surface area contributed by atoms with Gasteiger partial charge in [-0.05, 0) is 30.3 Å². The lowest BCUT2D eigenvalue weighted by Gasteiger charge is -2.05. The number of nitrogens with zero attached hydrogens (tertiary/aromatic N) is 1. The number of halogens is 1. The van der Waals surface area contributed by atoms with Crippen LogP contribution in [0.3, 0.4) is 0 Å². The topological polar surface area (TPSA) is 90.8 Å². The second-order valence-corrected chi connectivity index (χ2v) is 5.35. The zero-order valence-electron chi connectivity index (χ0n) is 12.7. The largest absolute Gasteiger partial charge is 0.507 e. The number of para-hydroxylation sites is 1. The summed E-state index contributed by atoms with van der Waals surface area (Å²) in [6.07, 6.45) is 1.34. The van der Waals surface area contributed by atoms with Crippen molar-refractivity contribution in [1.82, 2.24) is 5.43 Å². The number of phenols is 1. The SMILES string of the molecule is O=C(CCC(=O)Nc1cccc(Cl)c1)N/N=C/c1ccccc1O. The molecule has 7 heteroatoms. The lowest BCUT2D eigenvalue weighted by molar-refractivity contribution is -0.124. The molecule has 6 nitrogen and oxygen atoms in total. The molecule has 24 heavy (non-hydrogen) atoms. The van der Waals surface area contributed by atoms with Gasteiger partial charge in [-0.2, -0.15) is 5.10 Å². The zero-order valence-corrected chi connectivity index (χ0v) is 13.5. The third-order valence-corrected chi connectivity index (χ3v) is 3.25. The molecular weight excluding hydrogens is 330 g/mol. The Hall–Kier alpha value is -2.86. The summed E-state index contributed by atoms with van der Waals surface area (Å²) in [6.45, 7) is 0. The van der Waals surface area contributed by atoms with Gasteiger partial charge in [0.05, 0.1) is 6.21 Å². The minimum absolute atomic E-state index is 0.00941. The maximum Gasteiger partial charge on any atom is 0.240 e. The molecule has 2 aromatic rings. The van der Waals surface area contributed by atoms with Gasteiger partial charge in [0.15, 0.2) is 0 Å². The van der Waals surface area contributed by atoms with Crippen molar-refractivity contribution >= 4 is 35.3 Å². The molecule has 0 fully saturated rings. The van der Waals surface area contributed by atoms with Crippen LogP contribution in [0.4, 0.5) is 5.69 Å². The van der Waals surface area contributed by atoms with Crippen molar-refractivity contribution in [2.24, 2.45) is 5.10 Å². The molecule has 124 valence electrons. The highest BCUT2D eigenvalue weighted by atomic mass is 35.5. The molecule has 0 heterocycles.